The Kier molecular flexibility index (Phi) is 4.75. The molecule has 2 N–H and O–H groups in total. The fourth-order valence-electron chi connectivity index (χ4n) is 3.57. The van der Waals surface area contributed by atoms with Gasteiger partial charge in [-0.1, -0.05) is 18.2 Å². The number of ether oxygens (including phenoxy) is 1. The number of rotatable bonds is 5. The molecule has 4 rings (SSSR count). The second-order valence-electron chi connectivity index (χ2n) is 6.69. The van der Waals surface area contributed by atoms with Gasteiger partial charge < -0.3 is 20.1 Å². The topological polar surface area (TPSA) is 79.6 Å². The maximum Gasteiger partial charge on any atom is 0.257 e. The number of hydrogen-bond acceptors (Lipinski definition) is 5. The van der Waals surface area contributed by atoms with Gasteiger partial charge in [-0.05, 0) is 35.9 Å². The quantitative estimate of drug-likeness (QED) is 0.714. The lowest BCUT2D eigenvalue weighted by molar-refractivity contribution is 0.0597. The zero-order valence-electron chi connectivity index (χ0n) is 15.8. The Hall–Kier alpha value is -3.32. The minimum absolute atomic E-state index is 0.118. The van der Waals surface area contributed by atoms with Gasteiger partial charge in [0.25, 0.3) is 5.91 Å². The number of benzene rings is 2. The van der Waals surface area contributed by atoms with E-state index in [1.165, 1.54) is 0 Å². The zero-order valence-corrected chi connectivity index (χ0v) is 15.8. The first-order chi connectivity index (χ1) is 13.6. The number of aromatic nitrogens is 2. The number of carbonyl (C=O) groups excluding carboxylic acids is 1. The van der Waals surface area contributed by atoms with Gasteiger partial charge in [0.2, 0.25) is 0 Å². The second-order valence-corrected chi connectivity index (χ2v) is 6.69. The lowest BCUT2D eigenvalue weighted by Gasteiger charge is -2.35. The highest BCUT2D eigenvalue weighted by atomic mass is 16.5. The maximum absolute atomic E-state index is 13.1. The van der Waals surface area contributed by atoms with Crippen LogP contribution < -0.4 is 10.1 Å². The van der Waals surface area contributed by atoms with Gasteiger partial charge in [-0.3, -0.25) is 9.48 Å². The third-order valence-electron chi connectivity index (χ3n) is 5.10. The molecule has 1 aliphatic heterocycles. The molecule has 0 radical (unpaired) electrons. The number of methoxy groups -OCH3 is 1. The normalized spacial score (nSPS) is 14.4. The number of hydrogen-bond donors (Lipinski definition) is 2. The average Bonchev–Trinajstić information content (AvgIpc) is 3.16. The predicted octanol–water partition coefficient (Wildman–Crippen LogP) is 2.65. The van der Waals surface area contributed by atoms with E-state index in [4.69, 9.17) is 4.74 Å². The first-order valence-electron chi connectivity index (χ1n) is 9.04. The van der Waals surface area contributed by atoms with Crippen LogP contribution in [0.25, 0.3) is 11.3 Å². The standard InChI is InChI=1S/C21H22N4O3/c1-24-19(8-9-23-24)15-6-7-17-18(11-15)22-13-25(21(17)27)20(12-26)14-4-3-5-16(10-14)28-2/h3-11,20,22,26H,12-13H2,1-2H3/t20-/m1/s1. The Labute approximate surface area is 163 Å². The molecule has 144 valence electrons. The van der Waals surface area contributed by atoms with Crippen LogP contribution in [-0.4, -0.2) is 46.1 Å². The van der Waals surface area contributed by atoms with E-state index in [0.29, 0.717) is 18.0 Å². The number of carbonyl (C=O) groups is 1. The molecule has 28 heavy (non-hydrogen) atoms. The fourth-order valence-corrected chi connectivity index (χ4v) is 3.57. The van der Waals surface area contributed by atoms with Crippen molar-refractivity contribution in [2.75, 3.05) is 25.7 Å². The molecule has 1 atom stereocenters. The first kappa shape index (κ1) is 18.1. The molecule has 0 spiro atoms. The van der Waals surface area contributed by atoms with Gasteiger partial charge >= 0.3 is 0 Å². The van der Waals surface area contributed by atoms with E-state index in [2.05, 4.69) is 10.4 Å². The second kappa shape index (κ2) is 7.36. The van der Waals surface area contributed by atoms with Crippen LogP contribution in [0.4, 0.5) is 5.69 Å². The molecule has 0 fully saturated rings. The van der Waals surface area contributed by atoms with Crippen LogP contribution in [0.15, 0.2) is 54.7 Å². The highest BCUT2D eigenvalue weighted by molar-refractivity contribution is 6.02. The van der Waals surface area contributed by atoms with Crippen molar-refractivity contribution in [2.45, 2.75) is 6.04 Å². The summed E-state index contributed by atoms with van der Waals surface area (Å²) in [6.07, 6.45) is 1.75. The summed E-state index contributed by atoms with van der Waals surface area (Å²) < 4.78 is 7.07. The fraction of sp³-hybridized carbons (Fsp3) is 0.238. The molecule has 0 aliphatic carbocycles. The molecule has 0 bridgehead atoms. The summed E-state index contributed by atoms with van der Waals surface area (Å²) in [5.41, 5.74) is 4.15. The minimum Gasteiger partial charge on any atom is -0.497 e. The molecular weight excluding hydrogens is 356 g/mol. The average molecular weight is 378 g/mol. The SMILES string of the molecule is COc1cccc([C@@H](CO)N2CNc3cc(-c4ccnn4C)ccc3C2=O)c1. The van der Waals surface area contributed by atoms with Crippen LogP contribution in [0.2, 0.25) is 0 Å². The van der Waals surface area contributed by atoms with Crippen molar-refractivity contribution in [3.8, 4) is 17.0 Å². The van der Waals surface area contributed by atoms with Crippen molar-refractivity contribution in [1.82, 2.24) is 14.7 Å². The number of nitrogens with one attached hydrogen (secondary N) is 1. The number of nitrogens with zero attached hydrogens (tertiary/aromatic N) is 3. The Bertz CT molecular complexity index is 1010. The molecule has 0 saturated heterocycles. The molecule has 1 aromatic heterocycles. The lowest BCUT2D eigenvalue weighted by atomic mass is 10.0. The lowest BCUT2D eigenvalue weighted by Crippen LogP contribution is -2.43. The number of amides is 1. The van der Waals surface area contributed by atoms with E-state index in [-0.39, 0.29) is 12.5 Å². The minimum atomic E-state index is -0.458. The Morgan fingerprint density at radius 2 is 2.11 bits per heavy atom. The number of aryl methyl sites for hydroxylation is 1. The van der Waals surface area contributed by atoms with E-state index < -0.39 is 6.04 Å². The van der Waals surface area contributed by atoms with E-state index >= 15 is 0 Å². The number of anilines is 1. The molecule has 0 saturated carbocycles. The van der Waals surface area contributed by atoms with Gasteiger partial charge in [0, 0.05) is 24.5 Å². The summed E-state index contributed by atoms with van der Waals surface area (Å²) in [4.78, 5) is 14.8. The smallest absolute Gasteiger partial charge is 0.257 e. The number of fused-ring (bicyclic) bond motifs is 1. The van der Waals surface area contributed by atoms with Gasteiger partial charge in [0.1, 0.15) is 5.75 Å². The van der Waals surface area contributed by atoms with E-state index in [0.717, 1.165) is 22.5 Å². The number of aliphatic hydroxyl groups is 1. The van der Waals surface area contributed by atoms with Gasteiger partial charge in [-0.15, -0.1) is 0 Å². The third-order valence-corrected chi connectivity index (χ3v) is 5.10. The molecular formula is C21H22N4O3. The highest BCUT2D eigenvalue weighted by Gasteiger charge is 2.31. The highest BCUT2D eigenvalue weighted by Crippen LogP contribution is 2.32. The Morgan fingerprint density at radius 3 is 2.82 bits per heavy atom. The molecule has 2 heterocycles. The van der Waals surface area contributed by atoms with Gasteiger partial charge in [-0.25, -0.2) is 0 Å². The van der Waals surface area contributed by atoms with Gasteiger partial charge in [-0.2, -0.15) is 5.10 Å². The molecule has 1 amide bonds. The predicted molar refractivity (Wildman–Crippen MR) is 106 cm³/mol. The van der Waals surface area contributed by atoms with Crippen molar-refractivity contribution in [2.24, 2.45) is 7.05 Å². The summed E-state index contributed by atoms with van der Waals surface area (Å²) >= 11 is 0. The number of aliphatic hydroxyl groups excluding tert-OH is 1. The summed E-state index contributed by atoms with van der Waals surface area (Å²) in [6, 6.07) is 14.6. The van der Waals surface area contributed by atoms with Crippen LogP contribution in [0.5, 0.6) is 5.75 Å². The Morgan fingerprint density at radius 1 is 1.25 bits per heavy atom. The molecule has 3 aromatic rings. The maximum atomic E-state index is 13.1. The molecule has 1 aliphatic rings. The van der Waals surface area contributed by atoms with Gasteiger partial charge in [0.15, 0.2) is 0 Å². The monoisotopic (exact) mass is 378 g/mol. The summed E-state index contributed by atoms with van der Waals surface area (Å²) in [5, 5.41) is 17.5. The van der Waals surface area contributed by atoms with E-state index in [9.17, 15) is 9.90 Å². The van der Waals surface area contributed by atoms with Crippen LogP contribution in [0.3, 0.4) is 0 Å². The Balaban J connectivity index is 1.65. The van der Waals surface area contributed by atoms with Crippen molar-refractivity contribution >= 4 is 11.6 Å². The van der Waals surface area contributed by atoms with Crippen LogP contribution in [0, 0.1) is 0 Å². The zero-order chi connectivity index (χ0) is 19.7. The van der Waals surface area contributed by atoms with Crippen LogP contribution >= 0.6 is 0 Å². The third kappa shape index (κ3) is 3.10. The van der Waals surface area contributed by atoms with Crippen molar-refractivity contribution in [3.63, 3.8) is 0 Å². The van der Waals surface area contributed by atoms with Crippen LogP contribution in [-0.2, 0) is 7.05 Å². The first-order valence-corrected chi connectivity index (χ1v) is 9.04. The largest absolute Gasteiger partial charge is 0.497 e. The van der Waals surface area contributed by atoms with Crippen molar-refractivity contribution in [1.29, 1.82) is 0 Å². The van der Waals surface area contributed by atoms with E-state index in [1.54, 1.807) is 22.9 Å². The summed E-state index contributed by atoms with van der Waals surface area (Å²) in [6.45, 7) is 0.131. The van der Waals surface area contributed by atoms with Crippen LogP contribution in [0.1, 0.15) is 22.0 Å². The molecule has 7 nitrogen and oxygen atoms in total. The van der Waals surface area contributed by atoms with Crippen molar-refractivity contribution < 1.29 is 14.6 Å². The van der Waals surface area contributed by atoms with E-state index in [1.807, 2.05) is 55.6 Å². The van der Waals surface area contributed by atoms with Crippen molar-refractivity contribution in [3.05, 3.63) is 65.9 Å². The molecule has 0 unspecified atom stereocenters. The summed E-state index contributed by atoms with van der Waals surface area (Å²) in [5.74, 6) is 0.571. The molecule has 2 aromatic carbocycles. The summed E-state index contributed by atoms with van der Waals surface area (Å²) in [7, 11) is 3.48. The van der Waals surface area contributed by atoms with Gasteiger partial charge in [0.05, 0.1) is 37.7 Å². The molecule has 7 heteroatoms.